The third-order valence-corrected chi connectivity index (χ3v) is 1.83. The maximum absolute atomic E-state index is 11.5. The molecule has 0 bridgehead atoms. The third-order valence-electron chi connectivity index (χ3n) is 1.83. The second-order valence-electron chi connectivity index (χ2n) is 2.68. The highest BCUT2D eigenvalue weighted by Crippen LogP contribution is 2.02. The van der Waals surface area contributed by atoms with Crippen molar-refractivity contribution >= 4 is 5.91 Å². The Hall–Kier alpha value is -1.36. The summed E-state index contributed by atoms with van der Waals surface area (Å²) in [7, 11) is 0. The maximum atomic E-state index is 11.5. The van der Waals surface area contributed by atoms with Gasteiger partial charge >= 0.3 is 0 Å². The fourth-order valence-electron chi connectivity index (χ4n) is 1.22. The van der Waals surface area contributed by atoms with Gasteiger partial charge in [-0.15, -0.1) is 0 Å². The summed E-state index contributed by atoms with van der Waals surface area (Å²) in [6, 6.07) is 0. The van der Waals surface area contributed by atoms with Gasteiger partial charge in [-0.1, -0.05) is 0 Å². The van der Waals surface area contributed by atoms with Crippen LogP contribution in [0.3, 0.4) is 0 Å². The van der Waals surface area contributed by atoms with Crippen LogP contribution in [0.5, 0.6) is 0 Å². The van der Waals surface area contributed by atoms with Crippen molar-refractivity contribution in [3.8, 4) is 0 Å². The lowest BCUT2D eigenvalue weighted by Crippen LogP contribution is -2.36. The van der Waals surface area contributed by atoms with Crippen molar-refractivity contribution in [1.29, 1.82) is 0 Å². The van der Waals surface area contributed by atoms with Crippen LogP contribution in [0, 0.1) is 0 Å². The topological polar surface area (TPSA) is 61.0 Å². The summed E-state index contributed by atoms with van der Waals surface area (Å²) >= 11 is 0. The minimum absolute atomic E-state index is 0.0370. The van der Waals surface area contributed by atoms with Crippen LogP contribution in [0.2, 0.25) is 0 Å². The normalized spacial score (nSPS) is 16.8. The van der Waals surface area contributed by atoms with Crippen LogP contribution in [0.25, 0.3) is 0 Å². The third kappa shape index (κ3) is 1.18. The summed E-state index contributed by atoms with van der Waals surface area (Å²) in [6.07, 6.45) is 4.05. The molecule has 0 unspecified atom stereocenters. The second kappa shape index (κ2) is 2.94. The molecule has 2 N–H and O–H groups in total. The van der Waals surface area contributed by atoms with Gasteiger partial charge in [0.1, 0.15) is 5.69 Å². The van der Waals surface area contributed by atoms with Gasteiger partial charge in [-0.2, -0.15) is 0 Å². The molecule has 12 heavy (non-hydrogen) atoms. The summed E-state index contributed by atoms with van der Waals surface area (Å²) in [5.41, 5.74) is 3.51. The van der Waals surface area contributed by atoms with Gasteiger partial charge in [-0.25, -0.2) is 10.4 Å². The van der Waals surface area contributed by atoms with E-state index in [-0.39, 0.29) is 5.91 Å². The Morgan fingerprint density at radius 2 is 2.58 bits per heavy atom. The lowest BCUT2D eigenvalue weighted by atomic mass is 10.4. The number of aromatic amines is 1. The van der Waals surface area contributed by atoms with Crippen molar-refractivity contribution < 1.29 is 4.79 Å². The van der Waals surface area contributed by atoms with Gasteiger partial charge in [0.15, 0.2) is 0 Å². The molecule has 2 heterocycles. The van der Waals surface area contributed by atoms with Crippen molar-refractivity contribution in [3.05, 3.63) is 18.2 Å². The number of nitrogens with zero attached hydrogens (tertiary/aromatic N) is 2. The Morgan fingerprint density at radius 1 is 1.67 bits per heavy atom. The number of amides is 1. The van der Waals surface area contributed by atoms with Gasteiger partial charge in [-0.05, 0) is 6.42 Å². The molecule has 1 fully saturated rings. The number of carbonyl (C=O) groups excluding carboxylic acids is 1. The van der Waals surface area contributed by atoms with Crippen LogP contribution < -0.4 is 5.43 Å². The van der Waals surface area contributed by atoms with E-state index in [1.807, 2.05) is 0 Å². The average Bonchev–Trinajstić information content (AvgIpc) is 2.77. The smallest absolute Gasteiger partial charge is 0.286 e. The van der Waals surface area contributed by atoms with E-state index >= 15 is 0 Å². The van der Waals surface area contributed by atoms with Crippen molar-refractivity contribution in [2.24, 2.45) is 0 Å². The molecule has 0 aromatic carbocycles. The van der Waals surface area contributed by atoms with E-state index in [0.717, 1.165) is 19.5 Å². The number of imidazole rings is 1. The number of rotatable bonds is 1. The molecule has 64 valence electrons. The van der Waals surface area contributed by atoms with E-state index < -0.39 is 0 Å². The van der Waals surface area contributed by atoms with E-state index in [4.69, 9.17) is 0 Å². The molecule has 0 spiro atoms. The van der Waals surface area contributed by atoms with Crippen LogP contribution in [-0.2, 0) is 0 Å². The average molecular weight is 166 g/mol. The Labute approximate surface area is 69.8 Å². The highest BCUT2D eigenvalue weighted by molar-refractivity contribution is 5.91. The van der Waals surface area contributed by atoms with Gasteiger partial charge in [0.05, 0.1) is 12.5 Å². The molecule has 0 aliphatic carbocycles. The molecular formula is C7H10N4O. The van der Waals surface area contributed by atoms with Crippen LogP contribution in [0.1, 0.15) is 16.9 Å². The Morgan fingerprint density at radius 3 is 3.17 bits per heavy atom. The van der Waals surface area contributed by atoms with Crippen LogP contribution in [0.4, 0.5) is 0 Å². The van der Waals surface area contributed by atoms with Gasteiger partial charge in [-0.3, -0.25) is 9.80 Å². The molecule has 0 saturated carbocycles. The van der Waals surface area contributed by atoms with E-state index in [1.165, 1.54) is 12.5 Å². The highest BCUT2D eigenvalue weighted by Gasteiger charge is 2.19. The Balaban J connectivity index is 2.09. The first-order valence-electron chi connectivity index (χ1n) is 3.91. The quantitative estimate of drug-likeness (QED) is 0.605. The SMILES string of the molecule is O=C(c1cnc[nH]1)N1CCCN1. The minimum Gasteiger partial charge on any atom is -0.341 e. The van der Waals surface area contributed by atoms with E-state index in [0.29, 0.717) is 5.69 Å². The summed E-state index contributed by atoms with van der Waals surface area (Å²) < 4.78 is 0. The lowest BCUT2D eigenvalue weighted by Gasteiger charge is -2.13. The maximum Gasteiger partial charge on any atom is 0.286 e. The molecule has 5 nitrogen and oxygen atoms in total. The largest absolute Gasteiger partial charge is 0.341 e. The van der Waals surface area contributed by atoms with Crippen molar-refractivity contribution in [2.75, 3.05) is 13.1 Å². The number of carbonyl (C=O) groups is 1. The van der Waals surface area contributed by atoms with Gasteiger partial charge < -0.3 is 4.98 Å². The number of aromatic nitrogens is 2. The Bertz CT molecular complexity index is 263. The first kappa shape index (κ1) is 7.30. The monoisotopic (exact) mass is 166 g/mol. The van der Waals surface area contributed by atoms with E-state index in [1.54, 1.807) is 5.01 Å². The number of H-pyrrole nitrogens is 1. The first-order valence-corrected chi connectivity index (χ1v) is 3.91. The fourth-order valence-corrected chi connectivity index (χ4v) is 1.22. The minimum atomic E-state index is -0.0370. The Kier molecular flexibility index (Phi) is 1.79. The molecule has 2 rings (SSSR count). The molecule has 5 heteroatoms. The predicted molar refractivity (Wildman–Crippen MR) is 42.2 cm³/mol. The summed E-state index contributed by atoms with van der Waals surface area (Å²) in [5.74, 6) is -0.0370. The first-order chi connectivity index (χ1) is 5.88. The summed E-state index contributed by atoms with van der Waals surface area (Å²) in [6.45, 7) is 1.65. The molecule has 1 amide bonds. The zero-order valence-electron chi connectivity index (χ0n) is 6.58. The fraction of sp³-hybridized carbons (Fsp3) is 0.429. The molecule has 1 aromatic heterocycles. The van der Waals surface area contributed by atoms with Gasteiger partial charge in [0.25, 0.3) is 5.91 Å². The van der Waals surface area contributed by atoms with Crippen molar-refractivity contribution in [2.45, 2.75) is 6.42 Å². The molecule has 0 atom stereocenters. The van der Waals surface area contributed by atoms with Gasteiger partial charge in [0, 0.05) is 13.1 Å². The van der Waals surface area contributed by atoms with Crippen LogP contribution >= 0.6 is 0 Å². The molecule has 0 radical (unpaired) electrons. The number of hydrogen-bond donors (Lipinski definition) is 2. The van der Waals surface area contributed by atoms with Crippen molar-refractivity contribution in [3.63, 3.8) is 0 Å². The molecule has 1 aromatic rings. The highest BCUT2D eigenvalue weighted by atomic mass is 16.2. The number of nitrogens with one attached hydrogen (secondary N) is 2. The molecule has 1 aliphatic heterocycles. The molecular weight excluding hydrogens is 156 g/mol. The zero-order chi connectivity index (χ0) is 8.39. The predicted octanol–water partition coefficient (Wildman–Crippen LogP) is -0.240. The van der Waals surface area contributed by atoms with Crippen LogP contribution in [-0.4, -0.2) is 34.0 Å². The van der Waals surface area contributed by atoms with E-state index in [2.05, 4.69) is 15.4 Å². The van der Waals surface area contributed by atoms with Crippen LogP contribution in [0.15, 0.2) is 12.5 Å². The van der Waals surface area contributed by atoms with Gasteiger partial charge in [0.2, 0.25) is 0 Å². The standard InChI is InChI=1S/C7H10N4O/c12-7(6-4-8-5-9-6)11-3-1-2-10-11/h4-5,10H,1-3H2,(H,8,9). The molecule has 1 saturated heterocycles. The molecule has 1 aliphatic rings. The number of hydrazine groups is 1. The van der Waals surface area contributed by atoms with Crippen molar-refractivity contribution in [1.82, 2.24) is 20.4 Å². The zero-order valence-corrected chi connectivity index (χ0v) is 6.58. The number of hydrogen-bond acceptors (Lipinski definition) is 3. The second-order valence-corrected chi connectivity index (χ2v) is 2.68. The summed E-state index contributed by atoms with van der Waals surface area (Å²) in [5, 5.41) is 1.60. The lowest BCUT2D eigenvalue weighted by molar-refractivity contribution is 0.0721. The summed E-state index contributed by atoms with van der Waals surface area (Å²) in [4.78, 5) is 18.1. The van der Waals surface area contributed by atoms with E-state index in [9.17, 15) is 4.79 Å².